The molecule has 98 valence electrons. The molecule has 5 nitrogen and oxygen atoms in total. The first-order valence-electron chi connectivity index (χ1n) is 5.93. The molecule has 1 heterocycles. The normalized spacial score (nSPS) is 22.9. The fraction of sp³-hybridized carbons (Fsp3) is 0.462. The summed E-state index contributed by atoms with van der Waals surface area (Å²) < 4.78 is 5.09. The van der Waals surface area contributed by atoms with Crippen LogP contribution in [0.3, 0.4) is 0 Å². The molecular weight excluding hydrogens is 234 g/mol. The van der Waals surface area contributed by atoms with E-state index < -0.39 is 5.60 Å². The minimum Gasteiger partial charge on any atom is -0.508 e. The smallest absolute Gasteiger partial charge is 0.224 e. The number of carbonyl (C=O) groups excluding carboxylic acids is 1. The maximum Gasteiger partial charge on any atom is 0.224 e. The first-order chi connectivity index (χ1) is 8.59. The van der Waals surface area contributed by atoms with E-state index in [0.29, 0.717) is 18.6 Å². The molecule has 2 rings (SSSR count). The summed E-state index contributed by atoms with van der Waals surface area (Å²) in [7, 11) is 0. The fourth-order valence-electron chi connectivity index (χ4n) is 1.89. The zero-order valence-electron chi connectivity index (χ0n) is 10.1. The monoisotopic (exact) mass is 251 g/mol. The fourth-order valence-corrected chi connectivity index (χ4v) is 1.89. The van der Waals surface area contributed by atoms with Crippen LogP contribution in [0.15, 0.2) is 24.3 Å². The summed E-state index contributed by atoms with van der Waals surface area (Å²) in [5, 5.41) is 22.2. The van der Waals surface area contributed by atoms with Gasteiger partial charge in [0.2, 0.25) is 5.91 Å². The topological polar surface area (TPSA) is 78.8 Å². The van der Waals surface area contributed by atoms with Gasteiger partial charge in [-0.05, 0) is 6.07 Å². The van der Waals surface area contributed by atoms with Gasteiger partial charge in [-0.15, -0.1) is 0 Å². The van der Waals surface area contributed by atoms with Crippen LogP contribution in [0, 0.1) is 0 Å². The highest BCUT2D eigenvalue weighted by Gasteiger charge is 2.32. The van der Waals surface area contributed by atoms with E-state index in [1.165, 1.54) is 0 Å². The van der Waals surface area contributed by atoms with E-state index in [4.69, 9.17) is 4.74 Å². The number of benzene rings is 1. The van der Waals surface area contributed by atoms with Gasteiger partial charge in [0.1, 0.15) is 11.4 Å². The molecule has 0 spiro atoms. The summed E-state index contributed by atoms with van der Waals surface area (Å²) >= 11 is 0. The number of hydrogen-bond donors (Lipinski definition) is 3. The lowest BCUT2D eigenvalue weighted by molar-refractivity contribution is -0.121. The highest BCUT2D eigenvalue weighted by Crippen LogP contribution is 2.18. The molecule has 1 aliphatic heterocycles. The molecule has 0 aliphatic carbocycles. The van der Waals surface area contributed by atoms with Gasteiger partial charge in [-0.3, -0.25) is 4.79 Å². The van der Waals surface area contributed by atoms with E-state index in [1.807, 2.05) is 0 Å². The molecule has 1 fully saturated rings. The van der Waals surface area contributed by atoms with Crippen LogP contribution in [-0.4, -0.2) is 41.5 Å². The predicted octanol–water partition coefficient (Wildman–Crippen LogP) is 0.202. The highest BCUT2D eigenvalue weighted by molar-refractivity contribution is 5.79. The minimum absolute atomic E-state index is 0.101. The Bertz CT molecular complexity index is 427. The van der Waals surface area contributed by atoms with Gasteiger partial charge in [0.05, 0.1) is 13.0 Å². The number of carbonyl (C=O) groups is 1. The van der Waals surface area contributed by atoms with Crippen LogP contribution < -0.4 is 5.32 Å². The van der Waals surface area contributed by atoms with Crippen LogP contribution in [0.25, 0.3) is 0 Å². The lowest BCUT2D eigenvalue weighted by Crippen LogP contribution is -2.43. The molecule has 0 saturated carbocycles. The van der Waals surface area contributed by atoms with Crippen molar-refractivity contribution in [3.8, 4) is 5.75 Å². The number of amides is 1. The van der Waals surface area contributed by atoms with Crippen molar-refractivity contribution in [2.24, 2.45) is 0 Å². The number of rotatable bonds is 4. The third-order valence-corrected chi connectivity index (χ3v) is 3.04. The third-order valence-electron chi connectivity index (χ3n) is 3.04. The molecule has 1 saturated heterocycles. The molecule has 1 unspecified atom stereocenters. The van der Waals surface area contributed by atoms with Gasteiger partial charge in [-0.2, -0.15) is 0 Å². The third kappa shape index (κ3) is 3.21. The van der Waals surface area contributed by atoms with Crippen molar-refractivity contribution in [1.29, 1.82) is 0 Å². The highest BCUT2D eigenvalue weighted by atomic mass is 16.5. The summed E-state index contributed by atoms with van der Waals surface area (Å²) in [5.74, 6) is -0.118. The van der Waals surface area contributed by atoms with E-state index in [0.717, 1.165) is 0 Å². The Kier molecular flexibility index (Phi) is 3.84. The minimum atomic E-state index is -0.950. The number of phenolic OH excluding ortho intramolecular Hbond substituents is 1. The van der Waals surface area contributed by atoms with Gasteiger partial charge < -0.3 is 20.3 Å². The van der Waals surface area contributed by atoms with Crippen LogP contribution in [0.1, 0.15) is 12.0 Å². The molecule has 18 heavy (non-hydrogen) atoms. The van der Waals surface area contributed by atoms with Gasteiger partial charge in [0.15, 0.2) is 0 Å². The van der Waals surface area contributed by atoms with Crippen molar-refractivity contribution in [2.75, 3.05) is 19.8 Å². The molecule has 1 aliphatic rings. The predicted molar refractivity (Wildman–Crippen MR) is 65.2 cm³/mol. The van der Waals surface area contributed by atoms with Gasteiger partial charge in [0.25, 0.3) is 0 Å². The Morgan fingerprint density at radius 3 is 2.89 bits per heavy atom. The number of phenols is 1. The molecule has 1 aromatic rings. The zero-order chi connectivity index (χ0) is 13.0. The SMILES string of the molecule is O=C(Cc1ccccc1O)NCC1(O)CCOC1. The van der Waals surface area contributed by atoms with Crippen molar-refractivity contribution in [1.82, 2.24) is 5.32 Å². The summed E-state index contributed by atoms with van der Waals surface area (Å²) in [6, 6.07) is 6.71. The van der Waals surface area contributed by atoms with Crippen LogP contribution in [0.2, 0.25) is 0 Å². The molecular formula is C13H17NO4. The quantitative estimate of drug-likeness (QED) is 0.714. The number of aromatic hydroxyl groups is 1. The van der Waals surface area contributed by atoms with Crippen molar-refractivity contribution >= 4 is 5.91 Å². The van der Waals surface area contributed by atoms with Gasteiger partial charge in [-0.25, -0.2) is 0 Å². The van der Waals surface area contributed by atoms with Crippen molar-refractivity contribution in [2.45, 2.75) is 18.4 Å². The van der Waals surface area contributed by atoms with E-state index in [9.17, 15) is 15.0 Å². The van der Waals surface area contributed by atoms with E-state index in [2.05, 4.69) is 5.32 Å². The summed E-state index contributed by atoms with van der Waals surface area (Å²) in [4.78, 5) is 11.7. The van der Waals surface area contributed by atoms with E-state index in [1.54, 1.807) is 24.3 Å². The molecule has 0 radical (unpaired) electrons. The van der Waals surface area contributed by atoms with Crippen LogP contribution in [0.4, 0.5) is 0 Å². The Morgan fingerprint density at radius 1 is 1.44 bits per heavy atom. The number of aliphatic hydroxyl groups is 1. The zero-order valence-corrected chi connectivity index (χ0v) is 10.1. The van der Waals surface area contributed by atoms with Crippen molar-refractivity contribution in [3.63, 3.8) is 0 Å². The molecule has 0 aromatic heterocycles. The van der Waals surface area contributed by atoms with Gasteiger partial charge in [0, 0.05) is 25.1 Å². The Labute approximate surface area is 105 Å². The van der Waals surface area contributed by atoms with Crippen LogP contribution >= 0.6 is 0 Å². The maximum atomic E-state index is 11.7. The lowest BCUT2D eigenvalue weighted by Gasteiger charge is -2.20. The van der Waals surface area contributed by atoms with E-state index >= 15 is 0 Å². The van der Waals surface area contributed by atoms with Gasteiger partial charge >= 0.3 is 0 Å². The second kappa shape index (κ2) is 5.37. The average molecular weight is 251 g/mol. The molecule has 1 aromatic carbocycles. The summed E-state index contributed by atoms with van der Waals surface area (Å²) in [6.45, 7) is 0.954. The van der Waals surface area contributed by atoms with Crippen molar-refractivity contribution in [3.05, 3.63) is 29.8 Å². The van der Waals surface area contributed by atoms with Gasteiger partial charge in [-0.1, -0.05) is 18.2 Å². The Balaban J connectivity index is 1.84. The summed E-state index contributed by atoms with van der Waals surface area (Å²) in [6.07, 6.45) is 0.632. The largest absolute Gasteiger partial charge is 0.508 e. The molecule has 5 heteroatoms. The second-order valence-electron chi connectivity index (χ2n) is 4.61. The first-order valence-corrected chi connectivity index (χ1v) is 5.93. The second-order valence-corrected chi connectivity index (χ2v) is 4.61. The molecule has 1 atom stereocenters. The molecule has 3 N–H and O–H groups in total. The van der Waals surface area contributed by atoms with Crippen LogP contribution in [0.5, 0.6) is 5.75 Å². The number of para-hydroxylation sites is 1. The first kappa shape index (κ1) is 12.9. The number of nitrogens with one attached hydrogen (secondary N) is 1. The number of hydrogen-bond acceptors (Lipinski definition) is 4. The maximum absolute atomic E-state index is 11.7. The summed E-state index contributed by atoms with van der Waals surface area (Å²) in [5.41, 5.74) is -0.376. The Morgan fingerprint density at radius 2 is 2.22 bits per heavy atom. The molecule has 1 amide bonds. The van der Waals surface area contributed by atoms with E-state index in [-0.39, 0.29) is 31.2 Å². The molecule has 0 bridgehead atoms. The number of ether oxygens (including phenoxy) is 1. The van der Waals surface area contributed by atoms with Crippen molar-refractivity contribution < 1.29 is 19.7 Å². The average Bonchev–Trinajstić information content (AvgIpc) is 2.77. The lowest BCUT2D eigenvalue weighted by atomic mass is 10.0. The standard InChI is InChI=1S/C13H17NO4/c15-11-4-2-1-3-10(11)7-12(16)14-8-13(17)5-6-18-9-13/h1-4,15,17H,5-9H2,(H,14,16). The van der Waals surface area contributed by atoms with Crippen LogP contribution in [-0.2, 0) is 16.0 Å². The Hall–Kier alpha value is -1.59.